The highest BCUT2D eigenvalue weighted by molar-refractivity contribution is 5.35. The fourth-order valence-corrected chi connectivity index (χ4v) is 1.54. The molecule has 1 atom stereocenters. The second-order valence-electron chi connectivity index (χ2n) is 3.15. The Morgan fingerprint density at radius 1 is 1.42 bits per heavy atom. The predicted octanol–water partition coefficient (Wildman–Crippen LogP) is 2.43. The summed E-state index contributed by atoms with van der Waals surface area (Å²) >= 11 is 0. The van der Waals surface area contributed by atoms with E-state index in [1.54, 1.807) is 0 Å². The molecule has 1 unspecified atom stereocenters. The molecule has 0 aromatic carbocycles. The molecule has 0 radical (unpaired) electrons. The zero-order valence-corrected chi connectivity index (χ0v) is 7.77. The lowest BCUT2D eigenvalue weighted by molar-refractivity contribution is 0.497. The van der Waals surface area contributed by atoms with Gasteiger partial charge in [-0.1, -0.05) is 32.2 Å². The average Bonchev–Trinajstić information content (AvgIpc) is 2.16. The van der Waals surface area contributed by atoms with Crippen molar-refractivity contribution < 1.29 is 0 Å². The minimum absolute atomic E-state index is 0.627. The summed E-state index contributed by atoms with van der Waals surface area (Å²) in [6.07, 6.45) is 6.17. The molecule has 1 heterocycles. The van der Waals surface area contributed by atoms with Crippen LogP contribution in [0.5, 0.6) is 0 Å². The Balaban J connectivity index is 2.76. The summed E-state index contributed by atoms with van der Waals surface area (Å²) in [5.74, 6) is 0. The van der Waals surface area contributed by atoms with Crippen LogP contribution in [-0.2, 0) is 0 Å². The monoisotopic (exact) mass is 163 g/mol. The third kappa shape index (κ3) is 1.86. The standard InChI is InChI=1S/C11H17N/c1-4-9-7-11(6-3)12-8-10(9)5-2/h4-5,11-12H,1-2,6-8H2,3H3. The van der Waals surface area contributed by atoms with Gasteiger partial charge in [-0.2, -0.15) is 0 Å². The van der Waals surface area contributed by atoms with Crippen LogP contribution in [0.1, 0.15) is 19.8 Å². The lowest BCUT2D eigenvalue weighted by Crippen LogP contribution is -2.34. The Labute approximate surface area is 74.9 Å². The minimum Gasteiger partial charge on any atom is -0.310 e. The molecule has 1 N–H and O–H groups in total. The number of allylic oxidation sites excluding steroid dienone is 1. The van der Waals surface area contributed by atoms with Crippen molar-refractivity contribution in [3.63, 3.8) is 0 Å². The highest BCUT2D eigenvalue weighted by Crippen LogP contribution is 2.19. The molecule has 1 heteroatoms. The summed E-state index contributed by atoms with van der Waals surface area (Å²) < 4.78 is 0. The lowest BCUT2D eigenvalue weighted by Gasteiger charge is -2.25. The van der Waals surface area contributed by atoms with Gasteiger partial charge in [-0.05, 0) is 24.0 Å². The number of rotatable bonds is 3. The number of hydrogen-bond donors (Lipinski definition) is 1. The van der Waals surface area contributed by atoms with E-state index in [9.17, 15) is 0 Å². The molecule has 0 aromatic rings. The van der Waals surface area contributed by atoms with Crippen molar-refractivity contribution in [1.29, 1.82) is 0 Å². The van der Waals surface area contributed by atoms with Gasteiger partial charge in [0.2, 0.25) is 0 Å². The predicted molar refractivity (Wildman–Crippen MR) is 54.1 cm³/mol. The van der Waals surface area contributed by atoms with E-state index in [0.717, 1.165) is 13.0 Å². The van der Waals surface area contributed by atoms with Crippen LogP contribution in [0.4, 0.5) is 0 Å². The van der Waals surface area contributed by atoms with Crippen LogP contribution < -0.4 is 5.32 Å². The van der Waals surface area contributed by atoms with Gasteiger partial charge in [0.1, 0.15) is 0 Å². The molecule has 0 saturated heterocycles. The van der Waals surface area contributed by atoms with Crippen LogP contribution in [0.25, 0.3) is 0 Å². The van der Waals surface area contributed by atoms with E-state index in [0.29, 0.717) is 6.04 Å². The smallest absolute Gasteiger partial charge is 0.0210 e. The van der Waals surface area contributed by atoms with Crippen molar-refractivity contribution in [3.05, 3.63) is 36.5 Å². The van der Waals surface area contributed by atoms with Crippen molar-refractivity contribution in [2.45, 2.75) is 25.8 Å². The zero-order chi connectivity index (χ0) is 8.97. The molecule has 1 nitrogen and oxygen atoms in total. The first kappa shape index (κ1) is 9.27. The maximum atomic E-state index is 3.82. The quantitative estimate of drug-likeness (QED) is 0.673. The summed E-state index contributed by atoms with van der Waals surface area (Å²) in [6, 6.07) is 0.627. The first-order valence-corrected chi connectivity index (χ1v) is 4.52. The Morgan fingerprint density at radius 3 is 2.58 bits per heavy atom. The van der Waals surface area contributed by atoms with Gasteiger partial charge in [-0.3, -0.25) is 0 Å². The van der Waals surface area contributed by atoms with Gasteiger partial charge in [-0.25, -0.2) is 0 Å². The Morgan fingerprint density at radius 2 is 2.08 bits per heavy atom. The summed E-state index contributed by atoms with van der Waals surface area (Å²) in [7, 11) is 0. The molecule has 1 aliphatic rings. The normalized spacial score (nSPS) is 23.9. The van der Waals surface area contributed by atoms with Crippen LogP contribution in [-0.4, -0.2) is 12.6 Å². The van der Waals surface area contributed by atoms with E-state index in [4.69, 9.17) is 0 Å². The summed E-state index contributed by atoms with van der Waals surface area (Å²) in [4.78, 5) is 0. The fourth-order valence-electron chi connectivity index (χ4n) is 1.54. The summed E-state index contributed by atoms with van der Waals surface area (Å²) in [5.41, 5.74) is 2.66. The maximum Gasteiger partial charge on any atom is 0.0210 e. The molecule has 66 valence electrons. The average molecular weight is 163 g/mol. The third-order valence-electron chi connectivity index (χ3n) is 2.45. The van der Waals surface area contributed by atoms with E-state index in [1.165, 1.54) is 17.6 Å². The van der Waals surface area contributed by atoms with Crippen molar-refractivity contribution in [3.8, 4) is 0 Å². The first-order valence-electron chi connectivity index (χ1n) is 4.52. The van der Waals surface area contributed by atoms with Crippen LogP contribution in [0.15, 0.2) is 36.5 Å². The van der Waals surface area contributed by atoms with Crippen molar-refractivity contribution in [1.82, 2.24) is 5.32 Å². The molecular formula is C11H17N. The van der Waals surface area contributed by atoms with Gasteiger partial charge in [0.15, 0.2) is 0 Å². The van der Waals surface area contributed by atoms with Crippen LogP contribution in [0.2, 0.25) is 0 Å². The Bertz CT molecular complexity index is 213. The van der Waals surface area contributed by atoms with Gasteiger partial charge in [-0.15, -0.1) is 0 Å². The molecule has 0 aromatic heterocycles. The fraction of sp³-hybridized carbons (Fsp3) is 0.455. The summed E-state index contributed by atoms with van der Waals surface area (Å²) in [5, 5.41) is 3.46. The van der Waals surface area contributed by atoms with Gasteiger partial charge in [0.05, 0.1) is 0 Å². The maximum absolute atomic E-state index is 3.82. The van der Waals surface area contributed by atoms with Crippen molar-refractivity contribution in [2.75, 3.05) is 6.54 Å². The van der Waals surface area contributed by atoms with Crippen molar-refractivity contribution in [2.24, 2.45) is 0 Å². The molecule has 0 aliphatic carbocycles. The van der Waals surface area contributed by atoms with E-state index >= 15 is 0 Å². The molecule has 0 amide bonds. The molecule has 0 fully saturated rings. The SMILES string of the molecule is C=CC1=C(C=C)CC(CC)NC1. The second-order valence-corrected chi connectivity index (χ2v) is 3.15. The molecule has 1 rings (SSSR count). The third-order valence-corrected chi connectivity index (χ3v) is 2.45. The number of nitrogens with one attached hydrogen (secondary N) is 1. The van der Waals surface area contributed by atoms with Gasteiger partial charge < -0.3 is 5.32 Å². The van der Waals surface area contributed by atoms with Gasteiger partial charge >= 0.3 is 0 Å². The Hall–Kier alpha value is -0.820. The molecule has 12 heavy (non-hydrogen) atoms. The zero-order valence-electron chi connectivity index (χ0n) is 7.77. The largest absolute Gasteiger partial charge is 0.310 e. The van der Waals surface area contributed by atoms with Gasteiger partial charge in [0, 0.05) is 12.6 Å². The highest BCUT2D eigenvalue weighted by Gasteiger charge is 2.14. The first-order chi connectivity index (χ1) is 5.81. The lowest BCUT2D eigenvalue weighted by atomic mass is 9.95. The van der Waals surface area contributed by atoms with E-state index in [2.05, 4.69) is 25.4 Å². The molecule has 0 saturated carbocycles. The molecule has 0 spiro atoms. The molecular weight excluding hydrogens is 146 g/mol. The highest BCUT2D eigenvalue weighted by atomic mass is 14.9. The second kappa shape index (κ2) is 4.27. The minimum atomic E-state index is 0.627. The van der Waals surface area contributed by atoms with Crippen LogP contribution in [0, 0.1) is 0 Å². The van der Waals surface area contributed by atoms with E-state index in [1.807, 2.05) is 12.2 Å². The van der Waals surface area contributed by atoms with Crippen molar-refractivity contribution >= 4 is 0 Å². The molecule has 1 aliphatic heterocycles. The topological polar surface area (TPSA) is 12.0 Å². The summed E-state index contributed by atoms with van der Waals surface area (Å²) in [6.45, 7) is 10.8. The molecule has 0 bridgehead atoms. The van der Waals surface area contributed by atoms with E-state index < -0.39 is 0 Å². The Kier molecular flexibility index (Phi) is 3.30. The van der Waals surface area contributed by atoms with Crippen LogP contribution >= 0.6 is 0 Å². The number of hydrogen-bond acceptors (Lipinski definition) is 1. The van der Waals surface area contributed by atoms with Gasteiger partial charge in [0.25, 0.3) is 0 Å². The van der Waals surface area contributed by atoms with E-state index in [-0.39, 0.29) is 0 Å². The van der Waals surface area contributed by atoms with Crippen LogP contribution in [0.3, 0.4) is 0 Å².